The summed E-state index contributed by atoms with van der Waals surface area (Å²) in [5.41, 5.74) is 3.83. The molecule has 3 heteroatoms. The van der Waals surface area contributed by atoms with Crippen LogP contribution in [0.3, 0.4) is 0 Å². The molecule has 0 amide bonds. The van der Waals surface area contributed by atoms with Gasteiger partial charge in [0, 0.05) is 17.2 Å². The van der Waals surface area contributed by atoms with E-state index in [2.05, 4.69) is 50.5 Å². The first-order chi connectivity index (χ1) is 8.81. The van der Waals surface area contributed by atoms with E-state index < -0.39 is 0 Å². The van der Waals surface area contributed by atoms with Crippen molar-refractivity contribution in [3.63, 3.8) is 0 Å². The van der Waals surface area contributed by atoms with Crippen LogP contribution in [0, 0.1) is 0 Å². The first-order valence-corrected chi connectivity index (χ1v) is 7.04. The third-order valence-electron chi connectivity index (χ3n) is 3.23. The Hall–Kier alpha value is -1.35. The first kappa shape index (κ1) is 11.7. The van der Waals surface area contributed by atoms with Crippen LogP contribution in [0.5, 0.6) is 0 Å². The second-order valence-electron chi connectivity index (χ2n) is 4.76. The molecule has 0 bridgehead atoms. The fourth-order valence-electron chi connectivity index (χ4n) is 2.04. The van der Waals surface area contributed by atoms with Gasteiger partial charge in [0.25, 0.3) is 0 Å². The van der Waals surface area contributed by atoms with E-state index >= 15 is 0 Å². The largest absolute Gasteiger partial charge is 0.380 e. The fraction of sp³-hybridized carbons (Fsp3) is 0.267. The first-order valence-electron chi connectivity index (χ1n) is 6.24. The van der Waals surface area contributed by atoms with Crippen molar-refractivity contribution in [1.29, 1.82) is 0 Å². The van der Waals surface area contributed by atoms with E-state index in [1.807, 2.05) is 12.3 Å². The lowest BCUT2D eigenvalue weighted by Gasteiger charge is -2.07. The average Bonchev–Trinajstić information content (AvgIpc) is 3.21. The van der Waals surface area contributed by atoms with E-state index in [0.717, 1.165) is 22.6 Å². The van der Waals surface area contributed by atoms with Crippen molar-refractivity contribution in [1.82, 2.24) is 4.98 Å². The van der Waals surface area contributed by atoms with Gasteiger partial charge in [-0.2, -0.15) is 0 Å². The van der Waals surface area contributed by atoms with Crippen LogP contribution in [0.4, 0.5) is 5.69 Å². The Bertz CT molecular complexity index is 532. The van der Waals surface area contributed by atoms with Gasteiger partial charge in [-0.3, -0.25) is 4.98 Å². The van der Waals surface area contributed by atoms with Crippen LogP contribution in [0.1, 0.15) is 29.9 Å². The SMILES string of the molecule is Brc1cncc(NCc2ccc(C3CC3)cc2)c1. The third-order valence-corrected chi connectivity index (χ3v) is 3.66. The minimum absolute atomic E-state index is 0.835. The Kier molecular flexibility index (Phi) is 3.33. The monoisotopic (exact) mass is 302 g/mol. The molecule has 0 saturated heterocycles. The van der Waals surface area contributed by atoms with E-state index in [-0.39, 0.29) is 0 Å². The zero-order valence-corrected chi connectivity index (χ0v) is 11.7. The summed E-state index contributed by atoms with van der Waals surface area (Å²) in [7, 11) is 0. The number of hydrogen-bond donors (Lipinski definition) is 1. The summed E-state index contributed by atoms with van der Waals surface area (Å²) in [5.74, 6) is 0.835. The zero-order valence-electron chi connectivity index (χ0n) is 10.1. The highest BCUT2D eigenvalue weighted by Crippen LogP contribution is 2.39. The van der Waals surface area contributed by atoms with Crippen LogP contribution in [-0.2, 0) is 6.54 Å². The fourth-order valence-corrected chi connectivity index (χ4v) is 2.40. The lowest BCUT2D eigenvalue weighted by molar-refractivity contribution is 1.09. The number of rotatable bonds is 4. The molecule has 1 aliphatic rings. The maximum Gasteiger partial charge on any atom is 0.0540 e. The molecule has 3 rings (SSSR count). The van der Waals surface area contributed by atoms with Crippen molar-refractivity contribution in [3.05, 3.63) is 58.3 Å². The number of anilines is 1. The van der Waals surface area contributed by atoms with Crippen LogP contribution in [-0.4, -0.2) is 4.98 Å². The van der Waals surface area contributed by atoms with Crippen LogP contribution in [0.2, 0.25) is 0 Å². The van der Waals surface area contributed by atoms with E-state index in [0.29, 0.717) is 0 Å². The smallest absolute Gasteiger partial charge is 0.0540 e. The molecule has 0 radical (unpaired) electrons. The van der Waals surface area contributed by atoms with Gasteiger partial charge < -0.3 is 5.32 Å². The molecule has 92 valence electrons. The molecule has 1 aromatic heterocycles. The van der Waals surface area contributed by atoms with Gasteiger partial charge in [0.2, 0.25) is 0 Å². The molecule has 1 heterocycles. The van der Waals surface area contributed by atoms with E-state index in [1.165, 1.54) is 24.0 Å². The summed E-state index contributed by atoms with van der Waals surface area (Å²) in [6.45, 7) is 0.836. The summed E-state index contributed by atoms with van der Waals surface area (Å²) in [5, 5.41) is 3.37. The van der Waals surface area contributed by atoms with Gasteiger partial charge in [-0.05, 0) is 51.9 Å². The molecular formula is C15H15BrN2. The molecule has 1 aliphatic carbocycles. The molecule has 0 unspecified atom stereocenters. The van der Waals surface area contributed by atoms with Gasteiger partial charge in [-0.25, -0.2) is 0 Å². The molecule has 0 atom stereocenters. The highest BCUT2D eigenvalue weighted by atomic mass is 79.9. The Labute approximate surface area is 116 Å². The minimum atomic E-state index is 0.835. The summed E-state index contributed by atoms with van der Waals surface area (Å²) < 4.78 is 0.997. The Morgan fingerprint density at radius 1 is 1.17 bits per heavy atom. The third kappa shape index (κ3) is 2.91. The van der Waals surface area contributed by atoms with E-state index in [4.69, 9.17) is 0 Å². The normalized spacial score (nSPS) is 14.5. The number of aromatic nitrogens is 1. The molecule has 0 aliphatic heterocycles. The van der Waals surface area contributed by atoms with Crippen molar-refractivity contribution in [3.8, 4) is 0 Å². The summed E-state index contributed by atoms with van der Waals surface area (Å²) in [6.07, 6.45) is 6.35. The van der Waals surface area contributed by atoms with Crippen molar-refractivity contribution < 1.29 is 0 Å². The topological polar surface area (TPSA) is 24.9 Å². The van der Waals surface area contributed by atoms with Gasteiger partial charge in [0.15, 0.2) is 0 Å². The highest BCUT2D eigenvalue weighted by Gasteiger charge is 2.22. The Morgan fingerprint density at radius 3 is 2.61 bits per heavy atom. The zero-order chi connectivity index (χ0) is 12.4. The second-order valence-corrected chi connectivity index (χ2v) is 5.68. The van der Waals surface area contributed by atoms with Gasteiger partial charge >= 0.3 is 0 Å². The summed E-state index contributed by atoms with van der Waals surface area (Å²) in [6, 6.07) is 11.0. The van der Waals surface area contributed by atoms with E-state index in [9.17, 15) is 0 Å². The van der Waals surface area contributed by atoms with Crippen LogP contribution in [0.15, 0.2) is 47.2 Å². The van der Waals surface area contributed by atoms with Crippen molar-refractivity contribution in [2.45, 2.75) is 25.3 Å². The standard InChI is InChI=1S/C15H15BrN2/c16-14-7-15(10-17-9-14)18-8-11-1-3-12(4-2-11)13-5-6-13/h1-4,7,9-10,13,18H,5-6,8H2. The maximum absolute atomic E-state index is 4.13. The van der Waals surface area contributed by atoms with Gasteiger partial charge in [-0.1, -0.05) is 24.3 Å². The van der Waals surface area contributed by atoms with Crippen LogP contribution in [0.25, 0.3) is 0 Å². The molecule has 0 spiro atoms. The molecule has 1 saturated carbocycles. The van der Waals surface area contributed by atoms with Crippen molar-refractivity contribution >= 4 is 21.6 Å². The summed E-state index contributed by atoms with van der Waals surface area (Å²) >= 11 is 3.42. The van der Waals surface area contributed by atoms with Crippen molar-refractivity contribution in [2.75, 3.05) is 5.32 Å². The molecule has 1 aromatic carbocycles. The number of nitrogens with one attached hydrogen (secondary N) is 1. The Morgan fingerprint density at radius 2 is 1.94 bits per heavy atom. The number of halogens is 1. The summed E-state index contributed by atoms with van der Waals surface area (Å²) in [4.78, 5) is 4.13. The quantitative estimate of drug-likeness (QED) is 0.909. The van der Waals surface area contributed by atoms with Gasteiger partial charge in [-0.15, -0.1) is 0 Å². The minimum Gasteiger partial charge on any atom is -0.380 e. The lowest BCUT2D eigenvalue weighted by atomic mass is 10.1. The van der Waals surface area contributed by atoms with Crippen LogP contribution < -0.4 is 5.32 Å². The maximum atomic E-state index is 4.13. The molecule has 2 nitrogen and oxygen atoms in total. The number of pyridine rings is 1. The average molecular weight is 303 g/mol. The molecule has 2 aromatic rings. The van der Waals surface area contributed by atoms with Gasteiger partial charge in [0.05, 0.1) is 11.9 Å². The molecular weight excluding hydrogens is 288 g/mol. The van der Waals surface area contributed by atoms with E-state index in [1.54, 1.807) is 6.20 Å². The Balaban J connectivity index is 1.62. The highest BCUT2D eigenvalue weighted by molar-refractivity contribution is 9.10. The predicted octanol–water partition coefficient (Wildman–Crippen LogP) is 4.33. The molecule has 1 fully saturated rings. The molecule has 18 heavy (non-hydrogen) atoms. The number of benzene rings is 1. The lowest BCUT2D eigenvalue weighted by Crippen LogP contribution is -1.99. The molecule has 1 N–H and O–H groups in total. The number of hydrogen-bond acceptors (Lipinski definition) is 2. The van der Waals surface area contributed by atoms with Crippen molar-refractivity contribution in [2.24, 2.45) is 0 Å². The van der Waals surface area contributed by atoms with Gasteiger partial charge in [0.1, 0.15) is 0 Å². The second kappa shape index (κ2) is 5.11. The van der Waals surface area contributed by atoms with Crippen LogP contribution >= 0.6 is 15.9 Å². The number of nitrogens with zero attached hydrogens (tertiary/aromatic N) is 1. The predicted molar refractivity (Wildman–Crippen MR) is 77.7 cm³/mol.